The van der Waals surface area contributed by atoms with Crippen molar-refractivity contribution in [3.05, 3.63) is 71.3 Å². The van der Waals surface area contributed by atoms with Gasteiger partial charge in [0.25, 0.3) is 5.91 Å². The van der Waals surface area contributed by atoms with E-state index < -0.39 is 5.66 Å². The van der Waals surface area contributed by atoms with E-state index in [9.17, 15) is 9.59 Å². The van der Waals surface area contributed by atoms with Gasteiger partial charge in [0.1, 0.15) is 0 Å². The number of rotatable bonds is 2. The van der Waals surface area contributed by atoms with Crippen LogP contribution < -0.4 is 10.6 Å². The topological polar surface area (TPSA) is 58.2 Å². The predicted octanol–water partition coefficient (Wildman–Crippen LogP) is 1.77. The highest BCUT2D eigenvalue weighted by Gasteiger charge is 2.44. The maximum absolute atomic E-state index is 12.2. The van der Waals surface area contributed by atoms with E-state index in [1.165, 1.54) is 6.92 Å². The zero-order valence-electron chi connectivity index (χ0n) is 11.0. The summed E-state index contributed by atoms with van der Waals surface area (Å²) in [6.45, 7) is 1.44. The number of hydrogen-bond acceptors (Lipinski definition) is 2. The van der Waals surface area contributed by atoms with E-state index in [0.29, 0.717) is 5.56 Å². The van der Waals surface area contributed by atoms with Gasteiger partial charge >= 0.3 is 0 Å². The molecule has 0 saturated carbocycles. The zero-order chi connectivity index (χ0) is 14.2. The average Bonchev–Trinajstić information content (AvgIpc) is 2.74. The van der Waals surface area contributed by atoms with Gasteiger partial charge in [0.2, 0.25) is 5.91 Å². The number of benzene rings is 2. The van der Waals surface area contributed by atoms with Crippen LogP contribution in [0.5, 0.6) is 0 Å². The summed E-state index contributed by atoms with van der Waals surface area (Å²) in [5, 5.41) is 5.80. The van der Waals surface area contributed by atoms with E-state index in [1.54, 1.807) is 6.07 Å². The second kappa shape index (κ2) is 4.49. The van der Waals surface area contributed by atoms with E-state index in [4.69, 9.17) is 0 Å². The van der Waals surface area contributed by atoms with E-state index in [-0.39, 0.29) is 11.8 Å². The van der Waals surface area contributed by atoms with Gasteiger partial charge in [0.15, 0.2) is 5.66 Å². The lowest BCUT2D eigenvalue weighted by Gasteiger charge is -2.31. The Morgan fingerprint density at radius 3 is 2.40 bits per heavy atom. The lowest BCUT2D eigenvalue weighted by Crippen LogP contribution is -2.54. The monoisotopic (exact) mass is 266 g/mol. The molecule has 2 amide bonds. The van der Waals surface area contributed by atoms with E-state index in [2.05, 4.69) is 10.6 Å². The summed E-state index contributed by atoms with van der Waals surface area (Å²) in [6.07, 6.45) is 0. The maximum atomic E-state index is 12.2. The average molecular weight is 266 g/mol. The molecule has 0 spiro atoms. The molecule has 100 valence electrons. The first-order chi connectivity index (χ1) is 9.63. The fraction of sp³-hybridized carbons (Fsp3) is 0.125. The second-order valence-electron chi connectivity index (χ2n) is 4.80. The molecule has 2 aromatic rings. The fourth-order valence-corrected chi connectivity index (χ4v) is 2.66. The molecule has 0 bridgehead atoms. The van der Waals surface area contributed by atoms with Crippen LogP contribution in [0.4, 0.5) is 0 Å². The normalized spacial score (nSPS) is 20.1. The van der Waals surface area contributed by atoms with Gasteiger partial charge in [-0.15, -0.1) is 0 Å². The molecule has 0 fully saturated rings. The standard InChI is InChI=1S/C16H14N2O2/c1-11(19)17-16(12-7-3-2-4-8-12)14-10-6-5-9-13(14)15(20)18-16/h2-10H,1H3,(H,17,19)(H,18,20). The SMILES string of the molecule is CC(=O)NC1(c2ccccc2)NC(=O)c2ccccc21. The van der Waals surface area contributed by atoms with Gasteiger partial charge in [-0.05, 0) is 6.07 Å². The molecule has 2 aromatic carbocycles. The molecule has 0 aliphatic carbocycles. The number of fused-ring (bicyclic) bond motifs is 1. The van der Waals surface area contributed by atoms with E-state index >= 15 is 0 Å². The lowest BCUT2D eigenvalue weighted by molar-refractivity contribution is -0.120. The predicted molar refractivity (Wildman–Crippen MR) is 74.9 cm³/mol. The van der Waals surface area contributed by atoms with Crippen LogP contribution in [0.3, 0.4) is 0 Å². The first kappa shape index (κ1) is 12.4. The van der Waals surface area contributed by atoms with Crippen LogP contribution in [-0.2, 0) is 10.5 Å². The number of hydrogen-bond donors (Lipinski definition) is 2. The third-order valence-electron chi connectivity index (χ3n) is 3.45. The van der Waals surface area contributed by atoms with Crippen molar-refractivity contribution < 1.29 is 9.59 Å². The summed E-state index contributed by atoms with van der Waals surface area (Å²) in [6, 6.07) is 16.7. The summed E-state index contributed by atoms with van der Waals surface area (Å²) in [7, 11) is 0. The largest absolute Gasteiger partial charge is 0.326 e. The van der Waals surface area contributed by atoms with Gasteiger partial charge in [-0.25, -0.2) is 0 Å². The number of carbonyl (C=O) groups is 2. The smallest absolute Gasteiger partial charge is 0.254 e. The Morgan fingerprint density at radius 1 is 1.05 bits per heavy atom. The molecule has 4 nitrogen and oxygen atoms in total. The maximum Gasteiger partial charge on any atom is 0.254 e. The molecule has 2 N–H and O–H groups in total. The molecule has 1 atom stereocenters. The highest BCUT2D eigenvalue weighted by Crippen LogP contribution is 2.34. The molecule has 0 radical (unpaired) electrons. The summed E-state index contributed by atoms with van der Waals surface area (Å²) < 4.78 is 0. The number of amides is 2. The van der Waals surface area contributed by atoms with Gasteiger partial charge in [0, 0.05) is 23.6 Å². The van der Waals surface area contributed by atoms with Crippen LogP contribution in [0.25, 0.3) is 0 Å². The Bertz CT molecular complexity index is 678. The molecule has 1 unspecified atom stereocenters. The summed E-state index contributed by atoms with van der Waals surface area (Å²) in [5.41, 5.74) is 1.20. The first-order valence-electron chi connectivity index (χ1n) is 6.40. The second-order valence-corrected chi connectivity index (χ2v) is 4.80. The quantitative estimate of drug-likeness (QED) is 0.870. The summed E-state index contributed by atoms with van der Waals surface area (Å²) in [5.74, 6) is -0.385. The lowest BCUT2D eigenvalue weighted by atomic mass is 9.91. The van der Waals surface area contributed by atoms with Gasteiger partial charge in [0.05, 0.1) is 0 Å². The van der Waals surface area contributed by atoms with Crippen LogP contribution in [0, 0.1) is 0 Å². The Labute approximate surface area is 116 Å². The van der Waals surface area contributed by atoms with Crippen LogP contribution in [0.15, 0.2) is 54.6 Å². The van der Waals surface area contributed by atoms with E-state index in [0.717, 1.165) is 11.1 Å². The molecule has 1 heterocycles. The van der Waals surface area contributed by atoms with Gasteiger partial charge < -0.3 is 10.6 Å². The van der Waals surface area contributed by atoms with Crippen molar-refractivity contribution in [1.82, 2.24) is 10.6 Å². The minimum atomic E-state index is -0.985. The van der Waals surface area contributed by atoms with Crippen LogP contribution >= 0.6 is 0 Å². The third kappa shape index (κ3) is 1.77. The molecule has 20 heavy (non-hydrogen) atoms. The minimum Gasteiger partial charge on any atom is -0.326 e. The molecule has 1 aliphatic rings. The Balaban J connectivity index is 2.24. The molecule has 3 rings (SSSR count). The third-order valence-corrected chi connectivity index (χ3v) is 3.45. The zero-order valence-corrected chi connectivity index (χ0v) is 11.0. The molecular weight excluding hydrogens is 252 g/mol. The van der Waals surface area contributed by atoms with Crippen molar-refractivity contribution in [2.45, 2.75) is 12.6 Å². The van der Waals surface area contributed by atoms with Crippen molar-refractivity contribution >= 4 is 11.8 Å². The van der Waals surface area contributed by atoms with Crippen molar-refractivity contribution in [3.8, 4) is 0 Å². The van der Waals surface area contributed by atoms with Gasteiger partial charge in [-0.2, -0.15) is 0 Å². The van der Waals surface area contributed by atoms with Crippen LogP contribution in [0.2, 0.25) is 0 Å². The number of carbonyl (C=O) groups excluding carboxylic acids is 2. The van der Waals surface area contributed by atoms with Crippen molar-refractivity contribution in [2.75, 3.05) is 0 Å². The molecule has 4 heteroatoms. The molecular formula is C16H14N2O2. The van der Waals surface area contributed by atoms with Gasteiger partial charge in [-0.1, -0.05) is 48.5 Å². The van der Waals surface area contributed by atoms with Crippen LogP contribution in [-0.4, -0.2) is 11.8 Å². The Hall–Kier alpha value is -2.62. The van der Waals surface area contributed by atoms with Crippen molar-refractivity contribution in [1.29, 1.82) is 0 Å². The minimum absolute atomic E-state index is 0.182. The first-order valence-corrected chi connectivity index (χ1v) is 6.40. The number of nitrogens with one attached hydrogen (secondary N) is 2. The highest BCUT2D eigenvalue weighted by atomic mass is 16.2. The summed E-state index contributed by atoms with van der Waals surface area (Å²) in [4.78, 5) is 23.8. The van der Waals surface area contributed by atoms with Crippen LogP contribution in [0.1, 0.15) is 28.4 Å². The van der Waals surface area contributed by atoms with Gasteiger partial charge in [-0.3, -0.25) is 9.59 Å². The van der Waals surface area contributed by atoms with Crippen molar-refractivity contribution in [3.63, 3.8) is 0 Å². The Kier molecular flexibility index (Phi) is 2.79. The van der Waals surface area contributed by atoms with E-state index in [1.807, 2.05) is 48.5 Å². The molecule has 1 aliphatic heterocycles. The molecule has 0 saturated heterocycles. The fourth-order valence-electron chi connectivity index (χ4n) is 2.66. The van der Waals surface area contributed by atoms with Crippen molar-refractivity contribution in [2.24, 2.45) is 0 Å². The Morgan fingerprint density at radius 2 is 1.70 bits per heavy atom. The summed E-state index contributed by atoms with van der Waals surface area (Å²) >= 11 is 0. The molecule has 0 aromatic heterocycles. The highest BCUT2D eigenvalue weighted by molar-refractivity contribution is 6.01.